The van der Waals surface area contributed by atoms with Crippen LogP contribution in [0.1, 0.15) is 26.2 Å². The van der Waals surface area contributed by atoms with Gasteiger partial charge in [-0.2, -0.15) is 4.31 Å². The normalized spacial score (nSPS) is 15.6. The van der Waals surface area contributed by atoms with Gasteiger partial charge in [0.2, 0.25) is 10.0 Å². The first-order valence-corrected chi connectivity index (χ1v) is 12.1. The maximum absolute atomic E-state index is 12.9. The number of nitrogens with zero attached hydrogens (tertiary/aromatic N) is 1. The molecule has 1 heterocycles. The van der Waals surface area contributed by atoms with Crippen LogP contribution >= 0.6 is 11.6 Å². The molecule has 1 aliphatic rings. The number of hydrogen-bond acceptors (Lipinski definition) is 6. The number of esters is 1. The fourth-order valence-corrected chi connectivity index (χ4v) is 4.92. The zero-order valence-corrected chi connectivity index (χ0v) is 19.2. The number of sulfonamides is 1. The Morgan fingerprint density at radius 3 is 2.47 bits per heavy atom. The van der Waals surface area contributed by atoms with Crippen molar-refractivity contribution in [2.75, 3.05) is 25.0 Å². The quantitative estimate of drug-likeness (QED) is 0.580. The molecule has 2 aromatic carbocycles. The van der Waals surface area contributed by atoms with E-state index in [9.17, 15) is 18.0 Å². The van der Waals surface area contributed by atoms with Crippen molar-refractivity contribution in [1.29, 1.82) is 0 Å². The van der Waals surface area contributed by atoms with Crippen LogP contribution in [0.25, 0.3) is 0 Å². The Bertz CT molecular complexity index is 1060. The third-order valence-corrected chi connectivity index (χ3v) is 7.12. The van der Waals surface area contributed by atoms with E-state index in [0.717, 1.165) is 19.3 Å². The lowest BCUT2D eigenvalue weighted by Gasteiger charge is -2.26. The van der Waals surface area contributed by atoms with Gasteiger partial charge in [-0.15, -0.1) is 0 Å². The van der Waals surface area contributed by atoms with Crippen molar-refractivity contribution >= 4 is 39.2 Å². The number of piperidine rings is 1. The lowest BCUT2D eigenvalue weighted by Crippen LogP contribution is -2.35. The molecule has 3 rings (SSSR count). The van der Waals surface area contributed by atoms with Crippen molar-refractivity contribution in [2.45, 2.75) is 37.2 Å². The number of rotatable bonds is 8. The second-order valence-electron chi connectivity index (χ2n) is 7.34. The molecule has 0 spiro atoms. The van der Waals surface area contributed by atoms with Crippen LogP contribution in [0.4, 0.5) is 5.69 Å². The molecule has 2 aromatic rings. The van der Waals surface area contributed by atoms with Crippen LogP contribution < -0.4 is 10.1 Å². The Labute approximate surface area is 192 Å². The highest BCUT2D eigenvalue weighted by atomic mass is 35.5. The lowest BCUT2D eigenvalue weighted by molar-refractivity contribution is -0.153. The average Bonchev–Trinajstić information content (AvgIpc) is 2.80. The molecule has 1 amide bonds. The maximum atomic E-state index is 12.9. The van der Waals surface area contributed by atoms with Crippen molar-refractivity contribution in [3.8, 4) is 5.75 Å². The van der Waals surface area contributed by atoms with Crippen LogP contribution in [0, 0.1) is 0 Å². The molecule has 32 heavy (non-hydrogen) atoms. The molecule has 1 N–H and O–H groups in total. The van der Waals surface area contributed by atoms with Crippen LogP contribution in [-0.4, -0.2) is 50.4 Å². The van der Waals surface area contributed by atoms with Gasteiger partial charge in [-0.3, -0.25) is 4.79 Å². The summed E-state index contributed by atoms with van der Waals surface area (Å²) in [7, 11) is -3.68. The third kappa shape index (κ3) is 6.21. The Morgan fingerprint density at radius 1 is 1.09 bits per heavy atom. The molecule has 0 unspecified atom stereocenters. The molecule has 1 saturated heterocycles. The molecule has 0 aromatic heterocycles. The summed E-state index contributed by atoms with van der Waals surface area (Å²) in [6.45, 7) is 1.87. The van der Waals surface area contributed by atoms with E-state index in [-0.39, 0.29) is 15.6 Å². The summed E-state index contributed by atoms with van der Waals surface area (Å²) in [4.78, 5) is 24.4. The standard InChI is InChI=1S/C22H25ClN2O6S/c1-16(31-17-8-4-2-5-9-17)22(27)30-15-21(26)24-20-14-18(10-11-19(20)23)32(28,29)25-12-6-3-7-13-25/h2,4-5,8-11,14,16H,3,6-7,12-13,15H2,1H3,(H,24,26)/t16-/m1/s1. The van der Waals surface area contributed by atoms with Gasteiger partial charge in [-0.1, -0.05) is 36.2 Å². The van der Waals surface area contributed by atoms with Crippen molar-refractivity contribution in [1.82, 2.24) is 4.31 Å². The summed E-state index contributed by atoms with van der Waals surface area (Å²) >= 11 is 6.13. The predicted octanol–water partition coefficient (Wildman–Crippen LogP) is 3.46. The van der Waals surface area contributed by atoms with E-state index in [1.54, 1.807) is 24.3 Å². The molecule has 8 nitrogen and oxygen atoms in total. The van der Waals surface area contributed by atoms with E-state index in [2.05, 4.69) is 5.32 Å². The fourth-order valence-electron chi connectivity index (χ4n) is 3.21. The Morgan fingerprint density at radius 2 is 1.78 bits per heavy atom. The monoisotopic (exact) mass is 480 g/mol. The molecule has 0 bridgehead atoms. The van der Waals surface area contributed by atoms with Gasteiger partial charge >= 0.3 is 5.97 Å². The zero-order chi connectivity index (χ0) is 23.1. The van der Waals surface area contributed by atoms with Gasteiger partial charge in [0.25, 0.3) is 5.91 Å². The first kappa shape index (κ1) is 24.0. The summed E-state index contributed by atoms with van der Waals surface area (Å²) in [5, 5.41) is 2.67. The van der Waals surface area contributed by atoms with Crippen LogP contribution in [-0.2, 0) is 24.3 Å². The van der Waals surface area contributed by atoms with E-state index in [0.29, 0.717) is 18.8 Å². The van der Waals surface area contributed by atoms with Gasteiger partial charge < -0.3 is 14.8 Å². The number of carbonyl (C=O) groups excluding carboxylic acids is 2. The molecule has 172 valence electrons. The van der Waals surface area contributed by atoms with Crippen molar-refractivity contribution in [3.63, 3.8) is 0 Å². The third-order valence-electron chi connectivity index (χ3n) is 4.90. The highest BCUT2D eigenvalue weighted by Crippen LogP contribution is 2.28. The summed E-state index contributed by atoms with van der Waals surface area (Å²) < 4.78 is 37.6. The first-order chi connectivity index (χ1) is 15.3. The van der Waals surface area contributed by atoms with Gasteiger partial charge in [-0.05, 0) is 50.1 Å². The predicted molar refractivity (Wildman–Crippen MR) is 120 cm³/mol. The minimum atomic E-state index is -3.68. The molecule has 1 fully saturated rings. The first-order valence-electron chi connectivity index (χ1n) is 10.3. The van der Waals surface area contributed by atoms with Crippen molar-refractivity contribution in [2.24, 2.45) is 0 Å². The maximum Gasteiger partial charge on any atom is 0.347 e. The number of carbonyl (C=O) groups is 2. The van der Waals surface area contributed by atoms with Gasteiger partial charge in [0.05, 0.1) is 15.6 Å². The summed E-state index contributed by atoms with van der Waals surface area (Å²) in [6.07, 6.45) is 1.72. The minimum Gasteiger partial charge on any atom is -0.479 e. The Kier molecular flexibility index (Phi) is 8.11. The lowest BCUT2D eigenvalue weighted by atomic mass is 10.2. The fraction of sp³-hybridized carbons (Fsp3) is 0.364. The number of hydrogen-bond donors (Lipinski definition) is 1. The number of benzene rings is 2. The summed E-state index contributed by atoms with van der Waals surface area (Å²) in [5.74, 6) is -0.865. The highest BCUT2D eigenvalue weighted by Gasteiger charge is 2.27. The second kappa shape index (κ2) is 10.8. The average molecular weight is 481 g/mol. The number of halogens is 1. The second-order valence-corrected chi connectivity index (χ2v) is 9.68. The van der Waals surface area contributed by atoms with E-state index in [4.69, 9.17) is 21.1 Å². The number of nitrogens with one attached hydrogen (secondary N) is 1. The Balaban J connectivity index is 1.58. The molecular formula is C22H25ClN2O6S. The molecule has 0 radical (unpaired) electrons. The van der Waals surface area contributed by atoms with E-state index in [1.807, 2.05) is 6.07 Å². The summed E-state index contributed by atoms with van der Waals surface area (Å²) in [5.41, 5.74) is 0.124. The Hall–Kier alpha value is -2.62. The van der Waals surface area contributed by atoms with Crippen molar-refractivity contribution in [3.05, 3.63) is 53.6 Å². The number of para-hydroxylation sites is 1. The minimum absolute atomic E-state index is 0.0426. The highest BCUT2D eigenvalue weighted by molar-refractivity contribution is 7.89. The molecular weight excluding hydrogens is 456 g/mol. The van der Waals surface area contributed by atoms with Crippen LogP contribution in [0.2, 0.25) is 5.02 Å². The molecule has 1 atom stereocenters. The number of anilines is 1. The zero-order valence-electron chi connectivity index (χ0n) is 17.6. The number of amides is 1. The van der Waals surface area contributed by atoms with Crippen molar-refractivity contribution < 1.29 is 27.5 Å². The largest absolute Gasteiger partial charge is 0.479 e. The number of ether oxygens (including phenoxy) is 2. The van der Waals surface area contributed by atoms with Crippen LogP contribution in [0.5, 0.6) is 5.75 Å². The molecule has 10 heteroatoms. The van der Waals surface area contributed by atoms with E-state index < -0.39 is 34.6 Å². The van der Waals surface area contributed by atoms with Crippen LogP contribution in [0.15, 0.2) is 53.4 Å². The molecule has 0 saturated carbocycles. The van der Waals surface area contributed by atoms with Gasteiger partial charge in [-0.25, -0.2) is 13.2 Å². The topological polar surface area (TPSA) is 102 Å². The van der Waals surface area contributed by atoms with E-state index in [1.165, 1.54) is 29.4 Å². The smallest absolute Gasteiger partial charge is 0.347 e. The summed E-state index contributed by atoms with van der Waals surface area (Å²) in [6, 6.07) is 12.9. The SMILES string of the molecule is C[C@@H](Oc1ccccc1)C(=O)OCC(=O)Nc1cc(S(=O)(=O)N2CCCCC2)ccc1Cl. The van der Waals surface area contributed by atoms with Gasteiger partial charge in [0.1, 0.15) is 5.75 Å². The van der Waals surface area contributed by atoms with Gasteiger partial charge in [0, 0.05) is 13.1 Å². The molecule has 0 aliphatic carbocycles. The van der Waals surface area contributed by atoms with Gasteiger partial charge in [0.15, 0.2) is 12.7 Å². The molecule has 1 aliphatic heterocycles. The van der Waals surface area contributed by atoms with Crippen LogP contribution in [0.3, 0.4) is 0 Å². The van der Waals surface area contributed by atoms with E-state index >= 15 is 0 Å².